The van der Waals surface area contributed by atoms with E-state index in [1.54, 1.807) is 0 Å². The number of carbonyl (C=O) groups excluding carboxylic acids is 1. The van der Waals surface area contributed by atoms with Crippen molar-refractivity contribution in [1.29, 1.82) is 0 Å². The zero-order chi connectivity index (χ0) is 10.9. The monoisotopic (exact) mass is 259 g/mol. The molecule has 1 fully saturated rings. The Kier molecular flexibility index (Phi) is 3.92. The molecule has 14 heavy (non-hydrogen) atoms. The molecule has 1 amide bonds. The molecule has 1 aliphatic heterocycles. The van der Waals surface area contributed by atoms with Crippen molar-refractivity contribution in [3.63, 3.8) is 0 Å². The first-order valence-corrected chi connectivity index (χ1v) is 5.45. The fourth-order valence-corrected chi connectivity index (χ4v) is 1.88. The zero-order valence-corrected chi connectivity index (χ0v) is 10.2. The highest BCUT2D eigenvalue weighted by Crippen LogP contribution is 2.29. The quantitative estimate of drug-likeness (QED) is 0.624. The third-order valence-corrected chi connectivity index (χ3v) is 2.43. The predicted octanol–water partition coefficient (Wildman–Crippen LogP) is 1.99. The number of hydrogen-bond acceptors (Lipinski definition) is 2. The second kappa shape index (κ2) is 4.44. The number of ether oxygens (including phenoxy) is 1. The minimum absolute atomic E-state index is 0.0185. The van der Waals surface area contributed by atoms with E-state index in [0.29, 0.717) is 13.1 Å². The second-order valence-electron chi connectivity index (χ2n) is 3.47. The minimum Gasteiger partial charge on any atom is -0.372 e. The van der Waals surface area contributed by atoms with E-state index in [2.05, 4.69) is 0 Å². The molecule has 0 radical (unpaired) electrons. The standard InChI is InChI=1S/C8H12Cl3NO2/c1-5-3-12(4-6(2)14-5)7(13)8(9,10)11/h5-6H,3-4H2,1-2H3. The van der Waals surface area contributed by atoms with E-state index < -0.39 is 9.70 Å². The van der Waals surface area contributed by atoms with Gasteiger partial charge < -0.3 is 9.64 Å². The van der Waals surface area contributed by atoms with Crippen LogP contribution in [0.5, 0.6) is 0 Å². The summed E-state index contributed by atoms with van der Waals surface area (Å²) in [5.74, 6) is -0.482. The van der Waals surface area contributed by atoms with Crippen molar-refractivity contribution in [2.45, 2.75) is 29.8 Å². The highest BCUT2D eigenvalue weighted by atomic mass is 35.6. The molecule has 0 bridgehead atoms. The molecule has 2 unspecified atom stereocenters. The summed E-state index contributed by atoms with van der Waals surface area (Å²) >= 11 is 16.5. The van der Waals surface area contributed by atoms with Crippen LogP contribution in [0.15, 0.2) is 0 Å². The van der Waals surface area contributed by atoms with Gasteiger partial charge in [0.25, 0.3) is 9.70 Å². The number of alkyl halides is 3. The summed E-state index contributed by atoms with van der Waals surface area (Å²) in [5.41, 5.74) is 0. The van der Waals surface area contributed by atoms with E-state index >= 15 is 0 Å². The van der Waals surface area contributed by atoms with Crippen LogP contribution in [-0.4, -0.2) is 39.9 Å². The van der Waals surface area contributed by atoms with Crippen molar-refractivity contribution in [3.05, 3.63) is 0 Å². The highest BCUT2D eigenvalue weighted by Gasteiger charge is 2.38. The molecule has 1 saturated heterocycles. The molecule has 0 aromatic rings. The Morgan fingerprint density at radius 2 is 1.71 bits per heavy atom. The molecule has 0 spiro atoms. The maximum Gasteiger partial charge on any atom is 0.274 e. The number of amides is 1. The first-order chi connectivity index (χ1) is 6.30. The molecule has 0 aliphatic carbocycles. The number of hydrogen-bond donors (Lipinski definition) is 0. The minimum atomic E-state index is -1.86. The van der Waals surface area contributed by atoms with E-state index in [0.717, 1.165) is 0 Å². The van der Waals surface area contributed by atoms with Crippen LogP contribution in [0, 0.1) is 0 Å². The summed E-state index contributed by atoms with van der Waals surface area (Å²) in [6, 6.07) is 0. The second-order valence-corrected chi connectivity index (χ2v) is 5.75. The Hall–Kier alpha value is 0.300. The molecule has 0 N–H and O–H groups in total. The van der Waals surface area contributed by atoms with Gasteiger partial charge in [0.15, 0.2) is 0 Å². The van der Waals surface area contributed by atoms with Gasteiger partial charge in [0.2, 0.25) is 0 Å². The average Bonchev–Trinajstić information content (AvgIpc) is 1.99. The van der Waals surface area contributed by atoms with Crippen LogP contribution in [0.4, 0.5) is 0 Å². The van der Waals surface area contributed by atoms with Crippen molar-refractivity contribution in [1.82, 2.24) is 4.90 Å². The van der Waals surface area contributed by atoms with Crippen LogP contribution in [0.25, 0.3) is 0 Å². The van der Waals surface area contributed by atoms with Gasteiger partial charge >= 0.3 is 0 Å². The van der Waals surface area contributed by atoms with Crippen LogP contribution < -0.4 is 0 Å². The molecule has 6 heteroatoms. The van der Waals surface area contributed by atoms with E-state index in [-0.39, 0.29) is 12.2 Å². The maximum atomic E-state index is 11.6. The normalized spacial score (nSPS) is 29.1. The number of halogens is 3. The van der Waals surface area contributed by atoms with E-state index in [1.165, 1.54) is 4.90 Å². The lowest BCUT2D eigenvalue weighted by Crippen LogP contribution is -2.51. The van der Waals surface area contributed by atoms with Gasteiger partial charge in [-0.2, -0.15) is 0 Å². The first kappa shape index (κ1) is 12.4. The molecule has 1 aliphatic rings. The lowest BCUT2D eigenvalue weighted by atomic mass is 10.2. The smallest absolute Gasteiger partial charge is 0.274 e. The van der Waals surface area contributed by atoms with Gasteiger partial charge in [-0.25, -0.2) is 0 Å². The Balaban J connectivity index is 2.64. The van der Waals surface area contributed by atoms with E-state index in [4.69, 9.17) is 39.5 Å². The molecule has 1 rings (SSSR count). The van der Waals surface area contributed by atoms with Gasteiger partial charge in [0.1, 0.15) is 0 Å². The molecule has 0 saturated carbocycles. The number of carbonyl (C=O) groups is 1. The Morgan fingerprint density at radius 1 is 1.29 bits per heavy atom. The van der Waals surface area contributed by atoms with E-state index in [9.17, 15) is 4.79 Å². The largest absolute Gasteiger partial charge is 0.372 e. The predicted molar refractivity (Wildman–Crippen MR) is 56.9 cm³/mol. The molecule has 82 valence electrons. The van der Waals surface area contributed by atoms with Gasteiger partial charge in [-0.1, -0.05) is 34.8 Å². The summed E-state index contributed by atoms with van der Waals surface area (Å²) in [4.78, 5) is 13.1. The summed E-state index contributed by atoms with van der Waals surface area (Å²) in [7, 11) is 0. The van der Waals surface area contributed by atoms with Crippen molar-refractivity contribution in [2.24, 2.45) is 0 Å². The SMILES string of the molecule is CC1CN(C(=O)C(Cl)(Cl)Cl)CC(C)O1. The Bertz CT molecular complexity index is 219. The van der Waals surface area contributed by atoms with Crippen LogP contribution in [0.3, 0.4) is 0 Å². The van der Waals surface area contributed by atoms with Gasteiger partial charge in [0.05, 0.1) is 12.2 Å². The Morgan fingerprint density at radius 3 is 2.07 bits per heavy atom. The summed E-state index contributed by atoms with van der Waals surface area (Å²) in [6.07, 6.45) is -0.0369. The number of nitrogens with zero attached hydrogens (tertiary/aromatic N) is 1. The third kappa shape index (κ3) is 3.16. The van der Waals surface area contributed by atoms with Crippen LogP contribution >= 0.6 is 34.8 Å². The van der Waals surface area contributed by atoms with Crippen molar-refractivity contribution in [2.75, 3.05) is 13.1 Å². The van der Waals surface area contributed by atoms with Crippen molar-refractivity contribution < 1.29 is 9.53 Å². The fourth-order valence-electron chi connectivity index (χ4n) is 1.52. The lowest BCUT2D eigenvalue weighted by molar-refractivity contribution is -0.142. The average molecular weight is 261 g/mol. The molecule has 1 heterocycles. The molecule has 2 atom stereocenters. The van der Waals surface area contributed by atoms with Gasteiger partial charge in [-0.05, 0) is 13.8 Å². The van der Waals surface area contributed by atoms with Crippen LogP contribution in [0.1, 0.15) is 13.8 Å². The molecule has 0 aromatic heterocycles. The molecular weight excluding hydrogens is 248 g/mol. The number of morpholine rings is 1. The Labute approximate surface area is 98.2 Å². The highest BCUT2D eigenvalue weighted by molar-refractivity contribution is 6.76. The van der Waals surface area contributed by atoms with Crippen molar-refractivity contribution in [3.8, 4) is 0 Å². The lowest BCUT2D eigenvalue weighted by Gasteiger charge is -2.36. The van der Waals surface area contributed by atoms with Gasteiger partial charge in [0, 0.05) is 13.1 Å². The fraction of sp³-hybridized carbons (Fsp3) is 0.875. The van der Waals surface area contributed by atoms with Crippen LogP contribution in [0.2, 0.25) is 0 Å². The number of rotatable bonds is 0. The molecule has 3 nitrogen and oxygen atoms in total. The summed E-state index contributed by atoms with van der Waals surface area (Å²) in [5, 5.41) is 0. The third-order valence-electron chi connectivity index (χ3n) is 1.95. The summed E-state index contributed by atoms with van der Waals surface area (Å²) in [6.45, 7) is 4.71. The van der Waals surface area contributed by atoms with Crippen LogP contribution in [-0.2, 0) is 9.53 Å². The first-order valence-electron chi connectivity index (χ1n) is 4.32. The molecule has 0 aromatic carbocycles. The zero-order valence-electron chi connectivity index (χ0n) is 7.97. The topological polar surface area (TPSA) is 29.5 Å². The van der Waals surface area contributed by atoms with Gasteiger partial charge in [-0.3, -0.25) is 4.79 Å². The van der Waals surface area contributed by atoms with Crippen molar-refractivity contribution >= 4 is 40.7 Å². The van der Waals surface area contributed by atoms with Gasteiger partial charge in [-0.15, -0.1) is 0 Å². The molecular formula is C8H12Cl3NO2. The summed E-state index contributed by atoms with van der Waals surface area (Å²) < 4.78 is 3.59. The van der Waals surface area contributed by atoms with E-state index in [1.807, 2.05) is 13.8 Å². The maximum absolute atomic E-state index is 11.6.